The number of carbonyl (C=O) groups excluding carboxylic acids is 4. The monoisotopic (exact) mass is 418 g/mol. The standard InChI is InChI=1S/C19H15ClN2O7/c1-29-16(23)10-13(17(24)11-5-3-2-4-6-11)18(25)19(26)21-15-8-7-12(22(27)28)9-14(15)20/h2-9,13H,10H2,1H3,(H,21,26)/t13-/m1/s1. The first-order valence-corrected chi connectivity index (χ1v) is 8.57. The smallest absolute Gasteiger partial charge is 0.306 e. The molecule has 9 nitrogen and oxygen atoms in total. The summed E-state index contributed by atoms with van der Waals surface area (Å²) in [6.07, 6.45) is -0.621. The highest BCUT2D eigenvalue weighted by atomic mass is 35.5. The van der Waals surface area contributed by atoms with E-state index in [4.69, 9.17) is 11.6 Å². The summed E-state index contributed by atoms with van der Waals surface area (Å²) in [7, 11) is 1.09. The molecule has 0 unspecified atom stereocenters. The quantitative estimate of drug-likeness (QED) is 0.174. The average molecular weight is 419 g/mol. The van der Waals surface area contributed by atoms with Crippen molar-refractivity contribution in [1.82, 2.24) is 0 Å². The molecule has 0 aliphatic heterocycles. The second-order valence-corrected chi connectivity index (χ2v) is 6.21. The number of amides is 1. The number of rotatable bonds is 8. The van der Waals surface area contributed by atoms with Gasteiger partial charge in [-0.15, -0.1) is 0 Å². The van der Waals surface area contributed by atoms with Crippen LogP contribution in [0.5, 0.6) is 0 Å². The molecule has 0 spiro atoms. The van der Waals surface area contributed by atoms with Crippen LogP contribution in [-0.2, 0) is 19.1 Å². The van der Waals surface area contributed by atoms with Gasteiger partial charge in [-0.2, -0.15) is 0 Å². The molecule has 29 heavy (non-hydrogen) atoms. The number of Topliss-reactive ketones (excluding diaryl/α,β-unsaturated/α-hetero) is 2. The Morgan fingerprint density at radius 1 is 1.14 bits per heavy atom. The third kappa shape index (κ3) is 5.45. The number of nitro benzene ring substituents is 1. The minimum atomic E-state index is -1.60. The Morgan fingerprint density at radius 3 is 2.34 bits per heavy atom. The fourth-order valence-corrected chi connectivity index (χ4v) is 2.64. The summed E-state index contributed by atoms with van der Waals surface area (Å²) in [5, 5.41) is 12.8. The number of esters is 1. The lowest BCUT2D eigenvalue weighted by atomic mass is 9.90. The van der Waals surface area contributed by atoms with Crippen molar-refractivity contribution < 1.29 is 28.8 Å². The summed E-state index contributed by atoms with van der Waals surface area (Å²) < 4.78 is 4.51. The lowest BCUT2D eigenvalue weighted by molar-refractivity contribution is -0.384. The minimum absolute atomic E-state index is 0.0559. The summed E-state index contributed by atoms with van der Waals surface area (Å²) in [6, 6.07) is 11.0. The van der Waals surface area contributed by atoms with Crippen LogP contribution in [0, 0.1) is 16.0 Å². The predicted octanol–water partition coefficient (Wildman–Crippen LogP) is 2.82. The van der Waals surface area contributed by atoms with Gasteiger partial charge in [-0.25, -0.2) is 0 Å². The van der Waals surface area contributed by atoms with E-state index in [1.165, 1.54) is 12.1 Å². The van der Waals surface area contributed by atoms with Crippen molar-refractivity contribution in [3.05, 3.63) is 69.2 Å². The normalized spacial score (nSPS) is 11.2. The zero-order valence-corrected chi connectivity index (χ0v) is 15.8. The number of nitro groups is 1. The van der Waals surface area contributed by atoms with Crippen molar-refractivity contribution in [2.75, 3.05) is 12.4 Å². The molecule has 0 aliphatic rings. The first kappa shape index (κ1) is 21.7. The number of nitrogens with one attached hydrogen (secondary N) is 1. The van der Waals surface area contributed by atoms with Crippen LogP contribution in [0.15, 0.2) is 48.5 Å². The molecule has 0 aromatic heterocycles. The molecule has 1 atom stereocenters. The second-order valence-electron chi connectivity index (χ2n) is 5.80. The molecule has 2 rings (SSSR count). The van der Waals surface area contributed by atoms with Gasteiger partial charge in [0.25, 0.3) is 11.6 Å². The lowest BCUT2D eigenvalue weighted by Crippen LogP contribution is -2.36. The van der Waals surface area contributed by atoms with E-state index in [9.17, 15) is 29.3 Å². The van der Waals surface area contributed by atoms with E-state index in [-0.39, 0.29) is 22.0 Å². The van der Waals surface area contributed by atoms with Gasteiger partial charge in [-0.3, -0.25) is 29.3 Å². The minimum Gasteiger partial charge on any atom is -0.469 e. The van der Waals surface area contributed by atoms with Crippen LogP contribution in [0.3, 0.4) is 0 Å². The van der Waals surface area contributed by atoms with E-state index in [1.807, 2.05) is 0 Å². The van der Waals surface area contributed by atoms with Crippen LogP contribution in [0.4, 0.5) is 11.4 Å². The molecule has 0 heterocycles. The average Bonchev–Trinajstić information content (AvgIpc) is 2.72. The van der Waals surface area contributed by atoms with E-state index in [2.05, 4.69) is 10.1 Å². The fraction of sp³-hybridized carbons (Fsp3) is 0.158. The van der Waals surface area contributed by atoms with Crippen molar-refractivity contribution in [2.24, 2.45) is 5.92 Å². The molecule has 1 N–H and O–H groups in total. The Balaban J connectivity index is 2.26. The van der Waals surface area contributed by atoms with Gasteiger partial charge in [0, 0.05) is 17.7 Å². The number of non-ortho nitro benzene ring substituents is 1. The number of ether oxygens (including phenoxy) is 1. The molecule has 0 saturated heterocycles. The Hall–Kier alpha value is -3.59. The second kappa shape index (κ2) is 9.56. The summed E-state index contributed by atoms with van der Waals surface area (Å²) >= 11 is 5.90. The highest BCUT2D eigenvalue weighted by molar-refractivity contribution is 6.46. The molecule has 10 heteroatoms. The molecule has 0 radical (unpaired) electrons. The third-order valence-electron chi connectivity index (χ3n) is 3.93. The Kier molecular flexibility index (Phi) is 7.15. The number of hydrogen-bond acceptors (Lipinski definition) is 7. The Labute approximate surface area is 169 Å². The fourth-order valence-electron chi connectivity index (χ4n) is 2.42. The van der Waals surface area contributed by atoms with Crippen molar-refractivity contribution in [3.63, 3.8) is 0 Å². The van der Waals surface area contributed by atoms with Crippen molar-refractivity contribution in [3.8, 4) is 0 Å². The van der Waals surface area contributed by atoms with Crippen molar-refractivity contribution in [2.45, 2.75) is 6.42 Å². The number of nitrogens with zero attached hydrogens (tertiary/aromatic N) is 1. The highest BCUT2D eigenvalue weighted by Crippen LogP contribution is 2.27. The number of benzene rings is 2. The van der Waals surface area contributed by atoms with E-state index < -0.39 is 40.7 Å². The van der Waals surface area contributed by atoms with Crippen molar-refractivity contribution in [1.29, 1.82) is 0 Å². The zero-order valence-electron chi connectivity index (χ0n) is 15.1. The topological polar surface area (TPSA) is 133 Å². The van der Waals surface area contributed by atoms with E-state index in [1.54, 1.807) is 18.2 Å². The van der Waals surface area contributed by atoms with Gasteiger partial charge in [0.2, 0.25) is 5.78 Å². The SMILES string of the molecule is COC(=O)C[C@@H](C(=O)C(=O)Nc1ccc([N+](=O)[O-])cc1Cl)C(=O)c1ccccc1. The lowest BCUT2D eigenvalue weighted by Gasteiger charge is -2.14. The van der Waals surface area contributed by atoms with Gasteiger partial charge >= 0.3 is 5.97 Å². The van der Waals surface area contributed by atoms with Crippen LogP contribution in [0.2, 0.25) is 5.02 Å². The first-order chi connectivity index (χ1) is 13.7. The van der Waals surface area contributed by atoms with Crippen LogP contribution in [0.25, 0.3) is 0 Å². The summed E-state index contributed by atoms with van der Waals surface area (Å²) in [4.78, 5) is 59.4. The molecule has 0 fully saturated rings. The molecular formula is C19H15ClN2O7. The largest absolute Gasteiger partial charge is 0.469 e. The third-order valence-corrected chi connectivity index (χ3v) is 4.24. The van der Waals surface area contributed by atoms with Crippen LogP contribution >= 0.6 is 11.6 Å². The number of hydrogen-bond donors (Lipinski definition) is 1. The van der Waals surface area contributed by atoms with Crippen LogP contribution < -0.4 is 5.32 Å². The number of anilines is 1. The van der Waals surface area contributed by atoms with Crippen LogP contribution in [0.1, 0.15) is 16.8 Å². The number of methoxy groups -OCH3 is 1. The van der Waals surface area contributed by atoms with Gasteiger partial charge in [-0.05, 0) is 6.07 Å². The summed E-state index contributed by atoms with van der Waals surface area (Å²) in [5.41, 5.74) is -0.210. The molecule has 150 valence electrons. The van der Waals surface area contributed by atoms with Gasteiger partial charge < -0.3 is 10.1 Å². The maximum atomic E-state index is 12.7. The van der Waals surface area contributed by atoms with Crippen molar-refractivity contribution >= 4 is 46.4 Å². The molecule has 0 saturated carbocycles. The molecule has 2 aromatic carbocycles. The van der Waals surface area contributed by atoms with Gasteiger partial charge in [0.15, 0.2) is 5.78 Å². The van der Waals surface area contributed by atoms with E-state index in [0.29, 0.717) is 0 Å². The van der Waals surface area contributed by atoms with Crippen LogP contribution in [-0.4, -0.2) is 35.5 Å². The maximum Gasteiger partial charge on any atom is 0.306 e. The molecule has 1 amide bonds. The zero-order chi connectivity index (χ0) is 21.6. The molecule has 0 bridgehead atoms. The Bertz CT molecular complexity index is 976. The van der Waals surface area contributed by atoms with E-state index in [0.717, 1.165) is 25.3 Å². The van der Waals surface area contributed by atoms with Gasteiger partial charge in [0.05, 0.1) is 29.2 Å². The number of halogens is 1. The number of carbonyl (C=O) groups is 4. The highest BCUT2D eigenvalue weighted by Gasteiger charge is 2.34. The molecule has 2 aromatic rings. The predicted molar refractivity (Wildman–Crippen MR) is 103 cm³/mol. The van der Waals surface area contributed by atoms with E-state index >= 15 is 0 Å². The molecule has 0 aliphatic carbocycles. The summed E-state index contributed by atoms with van der Waals surface area (Å²) in [6.45, 7) is 0. The summed E-state index contributed by atoms with van der Waals surface area (Å²) in [5.74, 6) is -5.51. The van der Waals surface area contributed by atoms with Gasteiger partial charge in [-0.1, -0.05) is 41.9 Å². The van der Waals surface area contributed by atoms with Gasteiger partial charge in [0.1, 0.15) is 5.92 Å². The molecular weight excluding hydrogens is 404 g/mol. The maximum absolute atomic E-state index is 12.7. The Morgan fingerprint density at radius 2 is 1.79 bits per heavy atom. The first-order valence-electron chi connectivity index (χ1n) is 8.19. The number of ketones is 2.